The number of hydrogen-bond acceptors (Lipinski definition) is 2. The second-order valence-electron chi connectivity index (χ2n) is 4.39. The summed E-state index contributed by atoms with van der Waals surface area (Å²) in [6.45, 7) is 1.75. The zero-order valence-electron chi connectivity index (χ0n) is 10.5. The maximum Gasteiger partial charge on any atom is 0.126 e. The number of aliphatic hydroxyl groups excluding tert-OH is 1. The topological polar surface area (TPSA) is 38.0 Å². The van der Waals surface area contributed by atoms with Crippen LogP contribution in [0.5, 0.6) is 0 Å². The molecule has 0 bridgehead atoms. The van der Waals surface area contributed by atoms with Gasteiger partial charge in [0.2, 0.25) is 0 Å². The molecule has 0 aliphatic carbocycles. The van der Waals surface area contributed by atoms with E-state index in [0.29, 0.717) is 16.4 Å². The van der Waals surface area contributed by atoms with Crippen molar-refractivity contribution in [3.8, 4) is 0 Å². The SMILES string of the molecule is Cc1nn(C)c(CC(O)c2cc(F)cc(F)c2)c1Cl. The summed E-state index contributed by atoms with van der Waals surface area (Å²) in [5, 5.41) is 14.6. The van der Waals surface area contributed by atoms with Crippen molar-refractivity contribution >= 4 is 11.6 Å². The normalized spacial score (nSPS) is 12.7. The lowest BCUT2D eigenvalue weighted by molar-refractivity contribution is 0.175. The van der Waals surface area contributed by atoms with Gasteiger partial charge in [-0.05, 0) is 24.6 Å². The first-order valence-corrected chi connectivity index (χ1v) is 6.08. The highest BCUT2D eigenvalue weighted by Crippen LogP contribution is 2.26. The lowest BCUT2D eigenvalue weighted by atomic mass is 10.0. The van der Waals surface area contributed by atoms with Crippen molar-refractivity contribution in [2.75, 3.05) is 0 Å². The van der Waals surface area contributed by atoms with Gasteiger partial charge in [-0.1, -0.05) is 11.6 Å². The summed E-state index contributed by atoms with van der Waals surface area (Å²) in [4.78, 5) is 0. The highest BCUT2D eigenvalue weighted by atomic mass is 35.5. The quantitative estimate of drug-likeness (QED) is 0.942. The number of aryl methyl sites for hydroxylation is 2. The Morgan fingerprint density at radius 1 is 1.32 bits per heavy atom. The summed E-state index contributed by atoms with van der Waals surface area (Å²) < 4.78 is 27.7. The van der Waals surface area contributed by atoms with Crippen LogP contribution in [0.15, 0.2) is 18.2 Å². The van der Waals surface area contributed by atoms with Gasteiger partial charge in [0.15, 0.2) is 0 Å². The molecule has 2 aromatic rings. The molecule has 0 saturated carbocycles. The Morgan fingerprint density at radius 2 is 1.89 bits per heavy atom. The third kappa shape index (κ3) is 2.93. The maximum atomic E-state index is 13.1. The summed E-state index contributed by atoms with van der Waals surface area (Å²) in [5.74, 6) is -1.44. The minimum Gasteiger partial charge on any atom is -0.388 e. The van der Waals surface area contributed by atoms with Gasteiger partial charge in [-0.15, -0.1) is 0 Å². The van der Waals surface area contributed by atoms with Gasteiger partial charge in [0, 0.05) is 19.5 Å². The monoisotopic (exact) mass is 286 g/mol. The standard InChI is InChI=1S/C13H13ClF2N2O/c1-7-13(14)11(18(2)17-7)6-12(19)8-3-9(15)5-10(16)4-8/h3-5,12,19H,6H2,1-2H3. The summed E-state index contributed by atoms with van der Waals surface area (Å²) in [6.07, 6.45) is -0.906. The fourth-order valence-electron chi connectivity index (χ4n) is 1.97. The molecule has 19 heavy (non-hydrogen) atoms. The fraction of sp³-hybridized carbons (Fsp3) is 0.308. The van der Waals surface area contributed by atoms with Crippen LogP contribution in [0.3, 0.4) is 0 Å². The van der Waals surface area contributed by atoms with Crippen molar-refractivity contribution in [2.24, 2.45) is 7.05 Å². The van der Waals surface area contributed by atoms with Crippen molar-refractivity contribution in [2.45, 2.75) is 19.4 Å². The summed E-state index contributed by atoms with van der Waals surface area (Å²) in [6, 6.07) is 2.97. The Labute approximate surface area is 114 Å². The molecule has 0 amide bonds. The van der Waals surface area contributed by atoms with Gasteiger partial charge >= 0.3 is 0 Å². The molecule has 0 aliphatic rings. The van der Waals surface area contributed by atoms with E-state index in [2.05, 4.69) is 5.10 Å². The van der Waals surface area contributed by atoms with Gasteiger partial charge in [0.05, 0.1) is 22.5 Å². The van der Waals surface area contributed by atoms with Gasteiger partial charge in [-0.3, -0.25) is 4.68 Å². The Bertz CT molecular complexity index is 593. The molecule has 2 rings (SSSR count). The molecule has 0 fully saturated rings. The van der Waals surface area contributed by atoms with Crippen LogP contribution in [0.1, 0.15) is 23.1 Å². The van der Waals surface area contributed by atoms with Gasteiger partial charge in [0.25, 0.3) is 0 Å². The molecule has 0 saturated heterocycles. The van der Waals surface area contributed by atoms with Crippen LogP contribution in [0.4, 0.5) is 8.78 Å². The second kappa shape index (κ2) is 5.27. The Balaban J connectivity index is 2.27. The van der Waals surface area contributed by atoms with Gasteiger partial charge in [-0.25, -0.2) is 8.78 Å². The number of nitrogens with zero attached hydrogens (tertiary/aromatic N) is 2. The van der Waals surface area contributed by atoms with Crippen molar-refractivity contribution in [1.29, 1.82) is 0 Å². The Hall–Kier alpha value is -1.46. The van der Waals surface area contributed by atoms with Crippen LogP contribution >= 0.6 is 11.6 Å². The van der Waals surface area contributed by atoms with Crippen molar-refractivity contribution in [1.82, 2.24) is 9.78 Å². The van der Waals surface area contributed by atoms with E-state index in [0.717, 1.165) is 18.2 Å². The molecule has 1 aromatic heterocycles. The van der Waals surface area contributed by atoms with Gasteiger partial charge < -0.3 is 5.11 Å². The average Bonchev–Trinajstić information content (AvgIpc) is 2.54. The van der Waals surface area contributed by atoms with E-state index < -0.39 is 17.7 Å². The molecule has 0 radical (unpaired) electrons. The van der Waals surface area contributed by atoms with E-state index in [4.69, 9.17) is 11.6 Å². The second-order valence-corrected chi connectivity index (χ2v) is 4.77. The molecule has 1 atom stereocenters. The molecule has 102 valence electrons. The maximum absolute atomic E-state index is 13.1. The number of benzene rings is 1. The summed E-state index contributed by atoms with van der Waals surface area (Å²) in [5.41, 5.74) is 1.44. The molecular formula is C13H13ClF2N2O. The van der Waals surface area contributed by atoms with Crippen LogP contribution in [0.2, 0.25) is 5.02 Å². The van der Waals surface area contributed by atoms with E-state index in [1.54, 1.807) is 18.7 Å². The molecule has 0 aliphatic heterocycles. The molecule has 1 aromatic carbocycles. The zero-order chi connectivity index (χ0) is 14.2. The van der Waals surface area contributed by atoms with E-state index in [1.165, 1.54) is 0 Å². The molecular weight excluding hydrogens is 274 g/mol. The number of aliphatic hydroxyl groups is 1. The highest BCUT2D eigenvalue weighted by molar-refractivity contribution is 6.31. The van der Waals surface area contributed by atoms with E-state index >= 15 is 0 Å². The number of aromatic nitrogens is 2. The predicted molar refractivity (Wildman–Crippen MR) is 68.0 cm³/mol. The Morgan fingerprint density at radius 3 is 2.37 bits per heavy atom. The van der Waals surface area contributed by atoms with Crippen LogP contribution in [0, 0.1) is 18.6 Å². The highest BCUT2D eigenvalue weighted by Gasteiger charge is 2.17. The van der Waals surface area contributed by atoms with Crippen LogP contribution in [-0.4, -0.2) is 14.9 Å². The zero-order valence-corrected chi connectivity index (χ0v) is 11.2. The molecule has 3 nitrogen and oxygen atoms in total. The van der Waals surface area contributed by atoms with Gasteiger partial charge in [0.1, 0.15) is 11.6 Å². The smallest absolute Gasteiger partial charge is 0.126 e. The third-order valence-corrected chi connectivity index (χ3v) is 3.41. The van der Waals surface area contributed by atoms with Crippen LogP contribution in [-0.2, 0) is 13.5 Å². The van der Waals surface area contributed by atoms with Crippen LogP contribution < -0.4 is 0 Å². The number of hydrogen-bond donors (Lipinski definition) is 1. The average molecular weight is 287 g/mol. The van der Waals surface area contributed by atoms with Gasteiger partial charge in [-0.2, -0.15) is 5.10 Å². The fourth-order valence-corrected chi connectivity index (χ4v) is 2.21. The largest absolute Gasteiger partial charge is 0.388 e. The van der Waals surface area contributed by atoms with E-state index in [9.17, 15) is 13.9 Å². The first kappa shape index (κ1) is 14.0. The lowest BCUT2D eigenvalue weighted by Gasteiger charge is -2.12. The minimum absolute atomic E-state index is 0.138. The molecule has 1 N–H and O–H groups in total. The van der Waals surface area contributed by atoms with Crippen molar-refractivity contribution < 1.29 is 13.9 Å². The van der Waals surface area contributed by atoms with E-state index in [-0.39, 0.29) is 12.0 Å². The predicted octanol–water partition coefficient (Wildman–Crippen LogP) is 2.94. The molecule has 0 spiro atoms. The summed E-state index contributed by atoms with van der Waals surface area (Å²) in [7, 11) is 1.70. The molecule has 1 heterocycles. The van der Waals surface area contributed by atoms with E-state index in [1.807, 2.05) is 0 Å². The van der Waals surface area contributed by atoms with Crippen molar-refractivity contribution in [3.63, 3.8) is 0 Å². The summed E-state index contributed by atoms with van der Waals surface area (Å²) >= 11 is 6.07. The third-order valence-electron chi connectivity index (χ3n) is 2.92. The first-order valence-electron chi connectivity index (χ1n) is 5.70. The Kier molecular flexibility index (Phi) is 3.87. The number of rotatable bonds is 3. The van der Waals surface area contributed by atoms with Crippen molar-refractivity contribution in [3.05, 3.63) is 51.8 Å². The lowest BCUT2D eigenvalue weighted by Crippen LogP contribution is -2.07. The van der Waals surface area contributed by atoms with Crippen LogP contribution in [0.25, 0.3) is 0 Å². The molecule has 1 unspecified atom stereocenters. The number of halogens is 3. The molecule has 6 heteroatoms. The first-order chi connectivity index (χ1) is 8.88. The minimum atomic E-state index is -1.04.